The molecule has 1 aromatic carbocycles. The molecule has 0 radical (unpaired) electrons. The molecule has 2 rings (SSSR count). The van der Waals surface area contributed by atoms with E-state index in [1.54, 1.807) is 18.7 Å². The molecular weight excluding hydrogens is 294 g/mol. The Labute approximate surface area is 136 Å². The Bertz CT molecular complexity index is 653. The number of amides is 1. The maximum atomic E-state index is 12.4. The zero-order valence-corrected chi connectivity index (χ0v) is 14.0. The number of carbonyl (C=O) groups is 1. The Morgan fingerprint density at radius 2 is 2.04 bits per heavy atom. The van der Waals surface area contributed by atoms with Crippen LogP contribution >= 0.6 is 0 Å². The fourth-order valence-corrected chi connectivity index (χ4v) is 2.39. The van der Waals surface area contributed by atoms with Crippen molar-refractivity contribution >= 4 is 5.91 Å². The second-order valence-electron chi connectivity index (χ2n) is 5.26. The third-order valence-electron chi connectivity index (χ3n) is 3.58. The van der Waals surface area contributed by atoms with Gasteiger partial charge in [-0.3, -0.25) is 4.79 Å². The van der Waals surface area contributed by atoms with Gasteiger partial charge in [-0.05, 0) is 25.5 Å². The maximum Gasteiger partial charge on any atom is 0.258 e. The van der Waals surface area contributed by atoms with Gasteiger partial charge in [0, 0.05) is 7.05 Å². The number of ether oxygens (including phenoxy) is 2. The molecule has 0 saturated heterocycles. The highest BCUT2D eigenvalue weighted by molar-refractivity contribution is 5.97. The molecule has 0 bridgehead atoms. The number of methoxy groups -OCH3 is 1. The molecule has 0 saturated carbocycles. The van der Waals surface area contributed by atoms with Crippen LogP contribution in [0.25, 0.3) is 0 Å². The number of hydrogen-bond donors (Lipinski definition) is 1. The van der Waals surface area contributed by atoms with Gasteiger partial charge in [-0.2, -0.15) is 5.10 Å². The average molecular weight is 317 g/mol. The van der Waals surface area contributed by atoms with Crippen LogP contribution in [0.2, 0.25) is 0 Å². The van der Waals surface area contributed by atoms with Crippen molar-refractivity contribution in [2.45, 2.75) is 26.4 Å². The van der Waals surface area contributed by atoms with Gasteiger partial charge in [0.25, 0.3) is 5.91 Å². The standard InChI is InChI=1S/C17H23N3O3/c1-5-13(23-14-9-7-6-8-10-14)11-18-16(21)15-12(2)19-20(3)17(15)22-4/h6-10,13H,5,11H2,1-4H3,(H,18,21)/t13-/m1/s1. The first-order valence-electron chi connectivity index (χ1n) is 7.64. The molecule has 0 aliphatic heterocycles. The third kappa shape index (κ3) is 4.03. The van der Waals surface area contributed by atoms with Crippen LogP contribution in [-0.4, -0.2) is 35.4 Å². The Kier molecular flexibility index (Phi) is 5.62. The molecule has 2 aromatic rings. The molecule has 1 atom stereocenters. The lowest BCUT2D eigenvalue weighted by Gasteiger charge is -2.18. The summed E-state index contributed by atoms with van der Waals surface area (Å²) in [7, 11) is 3.27. The second-order valence-corrected chi connectivity index (χ2v) is 5.26. The summed E-state index contributed by atoms with van der Waals surface area (Å²) in [5.74, 6) is 1.04. The van der Waals surface area contributed by atoms with Crippen molar-refractivity contribution in [3.63, 3.8) is 0 Å². The molecule has 1 heterocycles. The molecule has 0 fully saturated rings. The summed E-state index contributed by atoms with van der Waals surface area (Å²) in [6.45, 7) is 4.23. The Morgan fingerprint density at radius 3 is 2.65 bits per heavy atom. The van der Waals surface area contributed by atoms with Crippen LogP contribution in [0.4, 0.5) is 0 Å². The van der Waals surface area contributed by atoms with Crippen molar-refractivity contribution in [1.29, 1.82) is 0 Å². The van der Waals surface area contributed by atoms with E-state index in [1.165, 1.54) is 7.11 Å². The number of aromatic nitrogens is 2. The van der Waals surface area contributed by atoms with E-state index in [4.69, 9.17) is 9.47 Å². The minimum atomic E-state index is -0.206. The first-order valence-corrected chi connectivity index (χ1v) is 7.64. The lowest BCUT2D eigenvalue weighted by atomic mass is 10.2. The summed E-state index contributed by atoms with van der Waals surface area (Å²) < 4.78 is 12.7. The topological polar surface area (TPSA) is 65.4 Å². The van der Waals surface area contributed by atoms with Gasteiger partial charge in [0.15, 0.2) is 0 Å². The monoisotopic (exact) mass is 317 g/mol. The highest BCUT2D eigenvalue weighted by Gasteiger charge is 2.21. The molecule has 23 heavy (non-hydrogen) atoms. The number of benzene rings is 1. The number of rotatable bonds is 7. The molecule has 6 nitrogen and oxygen atoms in total. The zero-order chi connectivity index (χ0) is 16.8. The van der Waals surface area contributed by atoms with Crippen molar-refractivity contribution in [2.75, 3.05) is 13.7 Å². The lowest BCUT2D eigenvalue weighted by Crippen LogP contribution is -2.35. The summed E-state index contributed by atoms with van der Waals surface area (Å²) in [5, 5.41) is 7.12. The van der Waals surface area contributed by atoms with E-state index in [9.17, 15) is 4.79 Å². The van der Waals surface area contributed by atoms with E-state index in [2.05, 4.69) is 10.4 Å². The van der Waals surface area contributed by atoms with E-state index < -0.39 is 0 Å². The van der Waals surface area contributed by atoms with E-state index in [0.717, 1.165) is 12.2 Å². The van der Waals surface area contributed by atoms with Crippen molar-refractivity contribution in [1.82, 2.24) is 15.1 Å². The first kappa shape index (κ1) is 16.9. The molecule has 0 aliphatic rings. The summed E-state index contributed by atoms with van der Waals surface area (Å²) in [6, 6.07) is 9.58. The Hall–Kier alpha value is -2.50. The first-order chi connectivity index (χ1) is 11.1. The predicted octanol–water partition coefficient (Wildman–Crippen LogP) is 2.32. The highest BCUT2D eigenvalue weighted by Crippen LogP contribution is 2.20. The fourth-order valence-electron chi connectivity index (χ4n) is 2.39. The highest BCUT2D eigenvalue weighted by atomic mass is 16.5. The van der Waals surface area contributed by atoms with Crippen molar-refractivity contribution in [3.05, 3.63) is 41.6 Å². The molecule has 1 amide bonds. The van der Waals surface area contributed by atoms with Crippen LogP contribution in [0, 0.1) is 6.92 Å². The molecule has 0 unspecified atom stereocenters. The fraction of sp³-hybridized carbons (Fsp3) is 0.412. The van der Waals surface area contributed by atoms with Crippen LogP contribution in [0.15, 0.2) is 30.3 Å². The van der Waals surface area contributed by atoms with Gasteiger partial charge in [0.2, 0.25) is 5.88 Å². The molecule has 6 heteroatoms. The van der Waals surface area contributed by atoms with Crippen LogP contribution in [-0.2, 0) is 7.05 Å². The molecule has 0 spiro atoms. The number of nitrogens with zero attached hydrogens (tertiary/aromatic N) is 2. The van der Waals surface area contributed by atoms with E-state index in [-0.39, 0.29) is 12.0 Å². The van der Waals surface area contributed by atoms with Gasteiger partial charge in [-0.1, -0.05) is 25.1 Å². The molecule has 0 aliphatic carbocycles. The van der Waals surface area contributed by atoms with Crippen LogP contribution in [0.3, 0.4) is 0 Å². The quantitative estimate of drug-likeness (QED) is 0.851. The number of para-hydroxylation sites is 1. The number of aryl methyl sites for hydroxylation is 2. The van der Waals surface area contributed by atoms with Crippen LogP contribution in [0.5, 0.6) is 11.6 Å². The van der Waals surface area contributed by atoms with E-state index in [1.807, 2.05) is 37.3 Å². The Morgan fingerprint density at radius 1 is 1.35 bits per heavy atom. The van der Waals surface area contributed by atoms with Gasteiger partial charge in [0.1, 0.15) is 17.4 Å². The van der Waals surface area contributed by atoms with E-state index >= 15 is 0 Å². The minimum absolute atomic E-state index is 0.0932. The zero-order valence-electron chi connectivity index (χ0n) is 14.0. The number of hydrogen-bond acceptors (Lipinski definition) is 4. The normalized spacial score (nSPS) is 11.8. The summed E-state index contributed by atoms with van der Waals surface area (Å²) in [5.41, 5.74) is 1.10. The van der Waals surface area contributed by atoms with Gasteiger partial charge in [0.05, 0.1) is 19.3 Å². The Balaban J connectivity index is 2.00. The minimum Gasteiger partial charge on any atom is -0.489 e. The smallest absolute Gasteiger partial charge is 0.258 e. The van der Waals surface area contributed by atoms with Gasteiger partial charge >= 0.3 is 0 Å². The molecule has 1 aromatic heterocycles. The third-order valence-corrected chi connectivity index (χ3v) is 3.58. The molecule has 1 N–H and O–H groups in total. The van der Waals surface area contributed by atoms with Crippen molar-refractivity contribution < 1.29 is 14.3 Å². The number of nitrogens with one attached hydrogen (secondary N) is 1. The molecule has 124 valence electrons. The second kappa shape index (κ2) is 7.67. The average Bonchev–Trinajstić information content (AvgIpc) is 2.85. The summed E-state index contributed by atoms with van der Waals surface area (Å²) in [6.07, 6.45) is 0.697. The summed E-state index contributed by atoms with van der Waals surface area (Å²) in [4.78, 5) is 12.4. The van der Waals surface area contributed by atoms with Crippen molar-refractivity contribution in [3.8, 4) is 11.6 Å². The summed E-state index contributed by atoms with van der Waals surface area (Å²) >= 11 is 0. The lowest BCUT2D eigenvalue weighted by molar-refractivity contribution is 0.0922. The van der Waals surface area contributed by atoms with Gasteiger partial charge in [-0.15, -0.1) is 0 Å². The van der Waals surface area contributed by atoms with E-state index in [0.29, 0.717) is 23.7 Å². The molecular formula is C17H23N3O3. The van der Waals surface area contributed by atoms with Gasteiger partial charge in [-0.25, -0.2) is 4.68 Å². The van der Waals surface area contributed by atoms with Crippen LogP contribution in [0.1, 0.15) is 29.4 Å². The van der Waals surface area contributed by atoms with Crippen LogP contribution < -0.4 is 14.8 Å². The van der Waals surface area contributed by atoms with Crippen molar-refractivity contribution in [2.24, 2.45) is 7.05 Å². The number of carbonyl (C=O) groups excluding carboxylic acids is 1. The maximum absolute atomic E-state index is 12.4. The largest absolute Gasteiger partial charge is 0.489 e. The SMILES string of the molecule is CC[C@H](CNC(=O)c1c(C)nn(C)c1OC)Oc1ccccc1. The van der Waals surface area contributed by atoms with Gasteiger partial charge < -0.3 is 14.8 Å². The predicted molar refractivity (Wildman–Crippen MR) is 88.0 cm³/mol.